The van der Waals surface area contributed by atoms with Crippen molar-refractivity contribution < 1.29 is 9.53 Å². The maximum absolute atomic E-state index is 11.6. The summed E-state index contributed by atoms with van der Waals surface area (Å²) in [7, 11) is 0. The molecule has 1 heterocycles. The summed E-state index contributed by atoms with van der Waals surface area (Å²) in [6.07, 6.45) is 3.34. The molecule has 3 nitrogen and oxygen atoms in total. The van der Waals surface area contributed by atoms with Crippen LogP contribution in [-0.2, 0) is 4.74 Å². The Hall–Kier alpha value is -1.22. The molecule has 0 aliphatic carbocycles. The minimum atomic E-state index is -0.00991. The summed E-state index contributed by atoms with van der Waals surface area (Å²) >= 11 is 0. The number of aromatic nitrogens is 1. The molecular formula is C11H15NO2. The van der Waals surface area contributed by atoms with Crippen LogP contribution >= 0.6 is 0 Å². The SMILES string of the molecule is Cc1ccncc1C(=O)COC(C)C. The topological polar surface area (TPSA) is 39.2 Å². The van der Waals surface area contributed by atoms with Crippen LogP contribution in [0.5, 0.6) is 0 Å². The normalized spacial score (nSPS) is 10.6. The largest absolute Gasteiger partial charge is 0.371 e. The Labute approximate surface area is 84.1 Å². The van der Waals surface area contributed by atoms with E-state index in [0.29, 0.717) is 5.56 Å². The molecule has 0 amide bonds. The quantitative estimate of drug-likeness (QED) is 0.686. The zero-order valence-electron chi connectivity index (χ0n) is 8.78. The first-order valence-electron chi connectivity index (χ1n) is 4.66. The number of nitrogens with zero attached hydrogens (tertiary/aromatic N) is 1. The highest BCUT2D eigenvalue weighted by molar-refractivity contribution is 5.98. The maximum Gasteiger partial charge on any atom is 0.190 e. The zero-order valence-corrected chi connectivity index (χ0v) is 8.78. The molecule has 0 saturated heterocycles. The lowest BCUT2D eigenvalue weighted by Gasteiger charge is -2.07. The van der Waals surface area contributed by atoms with Crippen LogP contribution in [0, 0.1) is 6.92 Å². The number of carbonyl (C=O) groups excluding carboxylic acids is 1. The Morgan fingerprint density at radius 1 is 1.57 bits per heavy atom. The number of Topliss-reactive ketones (excluding diaryl/α,β-unsaturated/α-hetero) is 1. The van der Waals surface area contributed by atoms with E-state index in [1.165, 1.54) is 0 Å². The minimum absolute atomic E-state index is 0.00991. The number of ketones is 1. The van der Waals surface area contributed by atoms with Crippen LogP contribution in [-0.4, -0.2) is 23.5 Å². The molecule has 3 heteroatoms. The molecule has 1 rings (SSSR count). The van der Waals surface area contributed by atoms with Gasteiger partial charge in [0.25, 0.3) is 0 Å². The van der Waals surface area contributed by atoms with Crippen molar-refractivity contribution in [1.29, 1.82) is 0 Å². The Bertz CT molecular complexity index is 321. The van der Waals surface area contributed by atoms with Crippen molar-refractivity contribution in [2.75, 3.05) is 6.61 Å². The van der Waals surface area contributed by atoms with Gasteiger partial charge in [-0.3, -0.25) is 9.78 Å². The number of ether oxygens (including phenoxy) is 1. The molecule has 0 bridgehead atoms. The van der Waals surface area contributed by atoms with E-state index in [4.69, 9.17) is 4.74 Å². The van der Waals surface area contributed by atoms with Crippen molar-refractivity contribution in [3.63, 3.8) is 0 Å². The van der Waals surface area contributed by atoms with Gasteiger partial charge < -0.3 is 4.74 Å². The molecule has 0 atom stereocenters. The maximum atomic E-state index is 11.6. The van der Waals surface area contributed by atoms with Crippen molar-refractivity contribution in [2.24, 2.45) is 0 Å². The predicted molar refractivity (Wildman–Crippen MR) is 54.4 cm³/mol. The molecule has 0 unspecified atom stereocenters. The third-order valence-electron chi connectivity index (χ3n) is 1.89. The molecule has 0 aliphatic heterocycles. The molecule has 14 heavy (non-hydrogen) atoms. The summed E-state index contributed by atoms with van der Waals surface area (Å²) in [6.45, 7) is 5.83. The van der Waals surface area contributed by atoms with Crippen molar-refractivity contribution in [2.45, 2.75) is 26.9 Å². The van der Waals surface area contributed by atoms with E-state index in [2.05, 4.69) is 4.98 Å². The van der Waals surface area contributed by atoms with Gasteiger partial charge in [0, 0.05) is 18.0 Å². The fraction of sp³-hybridized carbons (Fsp3) is 0.455. The molecule has 76 valence electrons. The monoisotopic (exact) mass is 193 g/mol. The number of pyridine rings is 1. The Morgan fingerprint density at radius 3 is 2.86 bits per heavy atom. The van der Waals surface area contributed by atoms with Crippen LogP contribution in [0.25, 0.3) is 0 Å². The van der Waals surface area contributed by atoms with E-state index in [9.17, 15) is 4.79 Å². The summed E-state index contributed by atoms with van der Waals surface area (Å²) in [6, 6.07) is 1.82. The number of rotatable bonds is 4. The van der Waals surface area contributed by atoms with Crippen LogP contribution in [0.4, 0.5) is 0 Å². The molecule has 0 spiro atoms. The molecule has 0 radical (unpaired) electrons. The standard InChI is InChI=1S/C11H15NO2/c1-8(2)14-7-11(13)10-6-12-5-4-9(10)3/h4-6,8H,7H2,1-3H3. The van der Waals surface area contributed by atoms with Gasteiger partial charge in [-0.25, -0.2) is 0 Å². The van der Waals surface area contributed by atoms with Crippen LogP contribution in [0.3, 0.4) is 0 Å². The van der Waals surface area contributed by atoms with Gasteiger partial charge >= 0.3 is 0 Å². The fourth-order valence-electron chi connectivity index (χ4n) is 1.08. The molecular weight excluding hydrogens is 178 g/mol. The van der Waals surface area contributed by atoms with Gasteiger partial charge in [0.2, 0.25) is 0 Å². The van der Waals surface area contributed by atoms with Gasteiger partial charge in [-0.15, -0.1) is 0 Å². The molecule has 0 saturated carbocycles. The first-order valence-corrected chi connectivity index (χ1v) is 4.66. The number of hydrogen-bond donors (Lipinski definition) is 0. The Kier molecular flexibility index (Phi) is 3.77. The van der Waals surface area contributed by atoms with E-state index in [1.807, 2.05) is 26.8 Å². The number of carbonyl (C=O) groups is 1. The van der Waals surface area contributed by atoms with Gasteiger partial charge in [0.15, 0.2) is 5.78 Å². The second-order valence-corrected chi connectivity index (χ2v) is 3.47. The highest BCUT2D eigenvalue weighted by Crippen LogP contribution is 2.06. The molecule has 1 aromatic rings. The average Bonchev–Trinajstić information content (AvgIpc) is 2.15. The van der Waals surface area contributed by atoms with Crippen molar-refractivity contribution in [3.8, 4) is 0 Å². The van der Waals surface area contributed by atoms with Gasteiger partial charge in [0.05, 0.1) is 6.10 Å². The minimum Gasteiger partial charge on any atom is -0.371 e. The number of aryl methyl sites for hydroxylation is 1. The second kappa shape index (κ2) is 4.86. The first kappa shape index (κ1) is 10.9. The van der Waals surface area contributed by atoms with E-state index in [1.54, 1.807) is 12.4 Å². The summed E-state index contributed by atoms with van der Waals surface area (Å²) in [5.74, 6) is -0.00991. The first-order chi connectivity index (χ1) is 6.61. The van der Waals surface area contributed by atoms with E-state index in [-0.39, 0.29) is 18.5 Å². The molecule has 0 aromatic carbocycles. The van der Waals surface area contributed by atoms with Gasteiger partial charge in [0.1, 0.15) is 6.61 Å². The fourth-order valence-corrected chi connectivity index (χ4v) is 1.08. The zero-order chi connectivity index (χ0) is 10.6. The third-order valence-corrected chi connectivity index (χ3v) is 1.89. The number of hydrogen-bond acceptors (Lipinski definition) is 3. The lowest BCUT2D eigenvalue weighted by atomic mass is 10.1. The smallest absolute Gasteiger partial charge is 0.190 e. The summed E-state index contributed by atoms with van der Waals surface area (Å²) in [5.41, 5.74) is 1.59. The predicted octanol–water partition coefficient (Wildman–Crippen LogP) is 2.00. The van der Waals surface area contributed by atoms with Crippen LogP contribution < -0.4 is 0 Å². The molecule has 1 aromatic heterocycles. The van der Waals surface area contributed by atoms with E-state index >= 15 is 0 Å². The highest BCUT2D eigenvalue weighted by atomic mass is 16.5. The summed E-state index contributed by atoms with van der Waals surface area (Å²) < 4.78 is 5.24. The van der Waals surface area contributed by atoms with Crippen molar-refractivity contribution >= 4 is 5.78 Å². The van der Waals surface area contributed by atoms with Crippen LogP contribution in [0.15, 0.2) is 18.5 Å². The average molecular weight is 193 g/mol. The van der Waals surface area contributed by atoms with Gasteiger partial charge in [-0.05, 0) is 32.4 Å². The lowest BCUT2D eigenvalue weighted by Crippen LogP contribution is -2.14. The van der Waals surface area contributed by atoms with Crippen molar-refractivity contribution in [1.82, 2.24) is 4.98 Å². The summed E-state index contributed by atoms with van der Waals surface area (Å²) in [5, 5.41) is 0. The van der Waals surface area contributed by atoms with Gasteiger partial charge in [-0.2, -0.15) is 0 Å². The van der Waals surface area contributed by atoms with Gasteiger partial charge in [-0.1, -0.05) is 0 Å². The molecule has 0 fully saturated rings. The Morgan fingerprint density at radius 2 is 2.29 bits per heavy atom. The lowest BCUT2D eigenvalue weighted by molar-refractivity contribution is 0.0584. The highest BCUT2D eigenvalue weighted by Gasteiger charge is 2.09. The molecule has 0 N–H and O–H groups in total. The van der Waals surface area contributed by atoms with Crippen molar-refractivity contribution in [3.05, 3.63) is 29.6 Å². The van der Waals surface area contributed by atoms with E-state index < -0.39 is 0 Å². The molecule has 0 aliphatic rings. The third kappa shape index (κ3) is 2.92. The second-order valence-electron chi connectivity index (χ2n) is 3.47. The van der Waals surface area contributed by atoms with Crippen LogP contribution in [0.1, 0.15) is 29.8 Å². The van der Waals surface area contributed by atoms with Crippen LogP contribution in [0.2, 0.25) is 0 Å². The Balaban J connectivity index is 2.65. The summed E-state index contributed by atoms with van der Waals surface area (Å²) in [4.78, 5) is 15.5. The van der Waals surface area contributed by atoms with E-state index in [0.717, 1.165) is 5.56 Å².